The van der Waals surface area contributed by atoms with Crippen molar-refractivity contribution in [3.05, 3.63) is 59.9 Å². The summed E-state index contributed by atoms with van der Waals surface area (Å²) < 4.78 is 5.80. The van der Waals surface area contributed by atoms with E-state index in [4.69, 9.17) is 10.3 Å². The highest BCUT2D eigenvalue weighted by atomic mass is 16.3. The Hall–Kier alpha value is -2.24. The van der Waals surface area contributed by atoms with Crippen molar-refractivity contribution in [2.24, 2.45) is 5.84 Å². The Labute approximate surface area is 110 Å². The number of hydrogen-bond donors (Lipinski definition) is 2. The Morgan fingerprint density at radius 2 is 2.05 bits per heavy atom. The van der Waals surface area contributed by atoms with Crippen molar-refractivity contribution in [1.29, 1.82) is 0 Å². The van der Waals surface area contributed by atoms with Crippen molar-refractivity contribution in [2.45, 2.75) is 13.0 Å². The number of aryl methyl sites for hydroxylation is 1. The fraction of sp³-hybridized carbons (Fsp3) is 0.143. The molecule has 0 fully saturated rings. The summed E-state index contributed by atoms with van der Waals surface area (Å²) in [5.41, 5.74) is 5.14. The summed E-state index contributed by atoms with van der Waals surface area (Å²) >= 11 is 0. The topological polar surface area (TPSA) is 77.0 Å². The maximum absolute atomic E-state index is 5.80. The molecule has 0 bridgehead atoms. The van der Waals surface area contributed by atoms with Gasteiger partial charge in [0.15, 0.2) is 0 Å². The van der Waals surface area contributed by atoms with Crippen molar-refractivity contribution in [3.63, 3.8) is 0 Å². The van der Waals surface area contributed by atoms with Gasteiger partial charge in [-0.15, -0.1) is 0 Å². The second kappa shape index (κ2) is 4.79. The Morgan fingerprint density at radius 1 is 1.21 bits per heavy atom. The summed E-state index contributed by atoms with van der Waals surface area (Å²) in [6, 6.07) is 9.48. The average molecular weight is 254 g/mol. The zero-order chi connectivity index (χ0) is 13.2. The average Bonchev–Trinajstić information content (AvgIpc) is 2.85. The van der Waals surface area contributed by atoms with E-state index in [2.05, 4.69) is 15.4 Å². The van der Waals surface area contributed by atoms with E-state index in [9.17, 15) is 0 Å². The van der Waals surface area contributed by atoms with Crippen LogP contribution in [0.15, 0.2) is 47.1 Å². The number of nitrogens with two attached hydrogens (primary N) is 1. The monoisotopic (exact) mass is 254 g/mol. The summed E-state index contributed by atoms with van der Waals surface area (Å²) in [5.74, 6) is 6.34. The van der Waals surface area contributed by atoms with Gasteiger partial charge in [-0.1, -0.05) is 18.2 Å². The number of nitrogens with zero attached hydrogens (tertiary/aromatic N) is 2. The van der Waals surface area contributed by atoms with Gasteiger partial charge in [-0.3, -0.25) is 15.8 Å². The van der Waals surface area contributed by atoms with Gasteiger partial charge in [-0.2, -0.15) is 0 Å². The number of fused-ring (bicyclic) bond motifs is 1. The molecule has 0 amide bonds. The second-order valence-electron chi connectivity index (χ2n) is 4.37. The Morgan fingerprint density at radius 3 is 2.74 bits per heavy atom. The molecule has 2 aromatic heterocycles. The molecule has 5 heteroatoms. The summed E-state index contributed by atoms with van der Waals surface area (Å²) in [6.45, 7) is 1.89. The Balaban J connectivity index is 2.04. The lowest BCUT2D eigenvalue weighted by atomic mass is 10.1. The lowest BCUT2D eigenvalue weighted by Crippen LogP contribution is -2.29. The number of rotatable bonds is 3. The molecule has 0 spiro atoms. The first kappa shape index (κ1) is 11.8. The van der Waals surface area contributed by atoms with Crippen LogP contribution in [0.1, 0.15) is 23.2 Å². The fourth-order valence-electron chi connectivity index (χ4n) is 2.01. The Kier molecular flexibility index (Phi) is 2.98. The van der Waals surface area contributed by atoms with Crippen LogP contribution in [-0.2, 0) is 0 Å². The zero-order valence-corrected chi connectivity index (χ0v) is 10.5. The first-order chi connectivity index (χ1) is 9.28. The van der Waals surface area contributed by atoms with Gasteiger partial charge in [0, 0.05) is 11.6 Å². The van der Waals surface area contributed by atoms with Crippen LogP contribution in [0.3, 0.4) is 0 Å². The molecule has 2 heterocycles. The van der Waals surface area contributed by atoms with Crippen LogP contribution in [0, 0.1) is 6.92 Å². The maximum Gasteiger partial charge on any atom is 0.134 e. The number of furan rings is 1. The van der Waals surface area contributed by atoms with Gasteiger partial charge in [0.05, 0.1) is 17.6 Å². The lowest BCUT2D eigenvalue weighted by Gasteiger charge is -2.12. The maximum atomic E-state index is 5.80. The standard InChI is InChI=1S/C14H14N4O/c1-9-7-17-11(8-16-9)14(18-15)13-6-10-4-2-3-5-12(10)19-13/h2-8,14,18H,15H2,1H3. The minimum atomic E-state index is -0.305. The lowest BCUT2D eigenvalue weighted by molar-refractivity contribution is 0.470. The van der Waals surface area contributed by atoms with Crippen molar-refractivity contribution in [2.75, 3.05) is 0 Å². The van der Waals surface area contributed by atoms with Crippen LogP contribution in [0.25, 0.3) is 11.0 Å². The van der Waals surface area contributed by atoms with Gasteiger partial charge in [0.2, 0.25) is 0 Å². The number of benzene rings is 1. The molecule has 3 N–H and O–H groups in total. The first-order valence-corrected chi connectivity index (χ1v) is 6.01. The van der Waals surface area contributed by atoms with Crippen molar-refractivity contribution < 1.29 is 4.42 Å². The summed E-state index contributed by atoms with van der Waals surface area (Å²) in [4.78, 5) is 8.56. The van der Waals surface area contributed by atoms with Crippen LogP contribution < -0.4 is 11.3 Å². The predicted octanol–water partition coefficient (Wildman–Crippen LogP) is 2.08. The molecular formula is C14H14N4O. The number of hydrazine groups is 1. The van der Waals surface area contributed by atoms with E-state index in [-0.39, 0.29) is 6.04 Å². The van der Waals surface area contributed by atoms with Crippen molar-refractivity contribution in [3.8, 4) is 0 Å². The largest absolute Gasteiger partial charge is 0.459 e. The van der Waals surface area contributed by atoms with Crippen molar-refractivity contribution in [1.82, 2.24) is 15.4 Å². The van der Waals surface area contributed by atoms with Gasteiger partial charge in [0.1, 0.15) is 17.4 Å². The summed E-state index contributed by atoms with van der Waals surface area (Å²) in [7, 11) is 0. The molecule has 0 saturated heterocycles. The molecule has 3 aromatic rings. The molecule has 1 atom stereocenters. The van der Waals surface area contributed by atoms with E-state index in [1.807, 2.05) is 37.3 Å². The SMILES string of the molecule is Cc1cnc(C(NN)c2cc3ccccc3o2)cn1. The van der Waals surface area contributed by atoms with Crippen LogP contribution in [0.5, 0.6) is 0 Å². The highest BCUT2D eigenvalue weighted by Gasteiger charge is 2.18. The second-order valence-corrected chi connectivity index (χ2v) is 4.37. The molecule has 0 aliphatic carbocycles. The van der Waals surface area contributed by atoms with E-state index < -0.39 is 0 Å². The van der Waals surface area contributed by atoms with Gasteiger partial charge in [-0.25, -0.2) is 5.43 Å². The minimum absolute atomic E-state index is 0.305. The van der Waals surface area contributed by atoms with Crippen LogP contribution in [0.4, 0.5) is 0 Å². The van der Waals surface area contributed by atoms with Crippen LogP contribution in [-0.4, -0.2) is 9.97 Å². The molecule has 5 nitrogen and oxygen atoms in total. The highest BCUT2D eigenvalue weighted by molar-refractivity contribution is 5.77. The molecule has 1 aromatic carbocycles. The molecule has 19 heavy (non-hydrogen) atoms. The predicted molar refractivity (Wildman–Crippen MR) is 72.1 cm³/mol. The molecule has 1 unspecified atom stereocenters. The number of hydrogen-bond acceptors (Lipinski definition) is 5. The summed E-state index contributed by atoms with van der Waals surface area (Å²) in [6.07, 6.45) is 3.41. The molecule has 0 aliphatic rings. The quantitative estimate of drug-likeness (QED) is 0.552. The summed E-state index contributed by atoms with van der Waals surface area (Å²) in [5, 5.41) is 1.04. The normalized spacial score (nSPS) is 12.7. The first-order valence-electron chi connectivity index (χ1n) is 6.01. The van der Waals surface area contributed by atoms with E-state index in [0.717, 1.165) is 28.1 Å². The number of nitrogens with one attached hydrogen (secondary N) is 1. The molecule has 96 valence electrons. The molecule has 0 saturated carbocycles. The van der Waals surface area contributed by atoms with Crippen LogP contribution >= 0.6 is 0 Å². The molecule has 0 radical (unpaired) electrons. The van der Waals surface area contributed by atoms with Crippen LogP contribution in [0.2, 0.25) is 0 Å². The number of aromatic nitrogens is 2. The third-order valence-electron chi connectivity index (χ3n) is 2.99. The van der Waals surface area contributed by atoms with Crippen molar-refractivity contribution >= 4 is 11.0 Å². The van der Waals surface area contributed by atoms with E-state index >= 15 is 0 Å². The zero-order valence-electron chi connectivity index (χ0n) is 10.5. The highest BCUT2D eigenvalue weighted by Crippen LogP contribution is 2.26. The molecular weight excluding hydrogens is 240 g/mol. The van der Waals surface area contributed by atoms with Gasteiger partial charge in [-0.05, 0) is 19.1 Å². The van der Waals surface area contributed by atoms with Gasteiger partial charge < -0.3 is 4.42 Å². The molecule has 0 aliphatic heterocycles. The minimum Gasteiger partial charge on any atom is -0.459 e. The third kappa shape index (κ3) is 2.21. The van der Waals surface area contributed by atoms with E-state index in [1.54, 1.807) is 12.4 Å². The third-order valence-corrected chi connectivity index (χ3v) is 2.99. The van der Waals surface area contributed by atoms with E-state index in [0.29, 0.717) is 0 Å². The molecule has 3 rings (SSSR count). The van der Waals surface area contributed by atoms with E-state index in [1.165, 1.54) is 0 Å². The van der Waals surface area contributed by atoms with Gasteiger partial charge in [0.25, 0.3) is 0 Å². The number of para-hydroxylation sites is 1. The van der Waals surface area contributed by atoms with Gasteiger partial charge >= 0.3 is 0 Å². The Bertz CT molecular complexity index is 657. The fourth-order valence-corrected chi connectivity index (χ4v) is 2.01. The smallest absolute Gasteiger partial charge is 0.134 e.